The standard InChI is InChI=1S/C14H25NO5/c1-13(2,3)19-11(17)8-7-10(9-16)15-12(18)20-14(4,5)6/h9-10H,7-8H2,1-6H3,(H,15,18)/t10-/m0/s1. The third-order valence-electron chi connectivity index (χ3n) is 1.95. The molecule has 0 bridgehead atoms. The lowest BCUT2D eigenvalue weighted by Crippen LogP contribution is -2.40. The van der Waals surface area contributed by atoms with E-state index in [2.05, 4.69) is 5.32 Å². The predicted octanol–water partition coefficient (Wildman–Crippen LogP) is 2.20. The third-order valence-corrected chi connectivity index (χ3v) is 1.95. The first-order valence-corrected chi connectivity index (χ1v) is 6.59. The van der Waals surface area contributed by atoms with Crippen molar-refractivity contribution in [2.24, 2.45) is 0 Å². The van der Waals surface area contributed by atoms with Crippen LogP contribution in [-0.2, 0) is 19.1 Å². The fourth-order valence-electron chi connectivity index (χ4n) is 1.30. The van der Waals surface area contributed by atoms with Gasteiger partial charge in [-0.15, -0.1) is 0 Å². The molecular weight excluding hydrogens is 262 g/mol. The highest BCUT2D eigenvalue weighted by Crippen LogP contribution is 2.10. The molecule has 0 aromatic carbocycles. The number of ether oxygens (including phenoxy) is 2. The second kappa shape index (κ2) is 7.26. The van der Waals surface area contributed by atoms with Gasteiger partial charge in [-0.3, -0.25) is 4.79 Å². The molecule has 0 saturated heterocycles. The summed E-state index contributed by atoms with van der Waals surface area (Å²) in [5.41, 5.74) is -1.20. The number of nitrogens with one attached hydrogen (secondary N) is 1. The monoisotopic (exact) mass is 287 g/mol. The van der Waals surface area contributed by atoms with Gasteiger partial charge in [-0.05, 0) is 48.0 Å². The molecule has 0 aliphatic carbocycles. The maximum Gasteiger partial charge on any atom is 0.408 e. The van der Waals surface area contributed by atoms with E-state index in [1.54, 1.807) is 41.5 Å². The Bertz CT molecular complexity index is 352. The van der Waals surface area contributed by atoms with Gasteiger partial charge in [0.15, 0.2) is 0 Å². The van der Waals surface area contributed by atoms with Crippen molar-refractivity contribution >= 4 is 18.3 Å². The van der Waals surface area contributed by atoms with Crippen LogP contribution >= 0.6 is 0 Å². The molecule has 0 heterocycles. The van der Waals surface area contributed by atoms with E-state index in [0.29, 0.717) is 6.29 Å². The number of carbonyl (C=O) groups is 3. The minimum absolute atomic E-state index is 0.0521. The van der Waals surface area contributed by atoms with Crippen LogP contribution < -0.4 is 5.32 Å². The van der Waals surface area contributed by atoms with Crippen molar-refractivity contribution in [3.8, 4) is 0 Å². The summed E-state index contributed by atoms with van der Waals surface area (Å²) in [7, 11) is 0. The first-order chi connectivity index (χ1) is 8.93. The summed E-state index contributed by atoms with van der Waals surface area (Å²) in [5.74, 6) is -0.407. The van der Waals surface area contributed by atoms with E-state index >= 15 is 0 Å². The Morgan fingerprint density at radius 1 is 1.05 bits per heavy atom. The molecule has 1 amide bonds. The number of alkyl carbamates (subject to hydrolysis) is 1. The van der Waals surface area contributed by atoms with Gasteiger partial charge < -0.3 is 19.6 Å². The van der Waals surface area contributed by atoms with E-state index in [1.165, 1.54) is 0 Å². The highest BCUT2D eigenvalue weighted by atomic mass is 16.6. The van der Waals surface area contributed by atoms with E-state index in [-0.39, 0.29) is 12.8 Å². The molecule has 0 spiro atoms. The molecule has 1 N–H and O–H groups in total. The van der Waals surface area contributed by atoms with Crippen molar-refractivity contribution in [1.82, 2.24) is 5.32 Å². The zero-order valence-corrected chi connectivity index (χ0v) is 13.1. The molecule has 0 aliphatic rings. The number of esters is 1. The van der Waals surface area contributed by atoms with E-state index in [0.717, 1.165) is 0 Å². The van der Waals surface area contributed by atoms with E-state index < -0.39 is 29.3 Å². The second-order valence-corrected chi connectivity index (χ2v) is 6.51. The van der Waals surface area contributed by atoms with Crippen molar-refractivity contribution in [2.75, 3.05) is 0 Å². The van der Waals surface area contributed by atoms with Crippen LogP contribution in [0, 0.1) is 0 Å². The molecule has 116 valence electrons. The van der Waals surface area contributed by atoms with Gasteiger partial charge >= 0.3 is 12.1 Å². The van der Waals surface area contributed by atoms with Gasteiger partial charge in [0.05, 0.1) is 6.04 Å². The Morgan fingerprint density at radius 2 is 1.55 bits per heavy atom. The predicted molar refractivity (Wildman–Crippen MR) is 74.3 cm³/mol. The summed E-state index contributed by atoms with van der Waals surface area (Å²) >= 11 is 0. The quantitative estimate of drug-likeness (QED) is 0.619. The molecular formula is C14H25NO5. The van der Waals surface area contributed by atoms with Gasteiger partial charge in [-0.25, -0.2) is 4.79 Å². The van der Waals surface area contributed by atoms with Crippen molar-refractivity contribution in [3.05, 3.63) is 0 Å². The van der Waals surface area contributed by atoms with Gasteiger partial charge in [0.2, 0.25) is 0 Å². The molecule has 0 aromatic rings. The molecule has 0 radical (unpaired) electrons. The van der Waals surface area contributed by atoms with Gasteiger partial charge in [-0.2, -0.15) is 0 Å². The lowest BCUT2D eigenvalue weighted by atomic mass is 10.1. The molecule has 6 heteroatoms. The Labute approximate surface area is 120 Å². The molecule has 0 fully saturated rings. The molecule has 0 unspecified atom stereocenters. The lowest BCUT2D eigenvalue weighted by molar-refractivity contribution is -0.155. The fraction of sp³-hybridized carbons (Fsp3) is 0.786. The average Bonchev–Trinajstić information content (AvgIpc) is 2.18. The summed E-state index contributed by atoms with van der Waals surface area (Å²) < 4.78 is 10.2. The van der Waals surface area contributed by atoms with Gasteiger partial charge in [0, 0.05) is 6.42 Å². The van der Waals surface area contributed by atoms with Crippen LogP contribution in [0.15, 0.2) is 0 Å². The molecule has 20 heavy (non-hydrogen) atoms. The third kappa shape index (κ3) is 10.3. The van der Waals surface area contributed by atoms with Crippen LogP contribution in [0.3, 0.4) is 0 Å². The summed E-state index contributed by atoms with van der Waals surface area (Å²) in [6.07, 6.45) is 0.126. The summed E-state index contributed by atoms with van der Waals surface area (Å²) in [5, 5.41) is 2.40. The van der Waals surface area contributed by atoms with Crippen molar-refractivity contribution in [2.45, 2.75) is 71.6 Å². The summed E-state index contributed by atoms with van der Waals surface area (Å²) in [6, 6.07) is -0.766. The molecule has 0 aromatic heterocycles. The molecule has 0 aliphatic heterocycles. The minimum Gasteiger partial charge on any atom is -0.460 e. The van der Waals surface area contributed by atoms with Crippen molar-refractivity contribution in [3.63, 3.8) is 0 Å². The minimum atomic E-state index is -0.766. The van der Waals surface area contributed by atoms with Crippen LogP contribution in [0.1, 0.15) is 54.4 Å². The first-order valence-electron chi connectivity index (χ1n) is 6.59. The van der Waals surface area contributed by atoms with Crippen LogP contribution in [0.4, 0.5) is 4.79 Å². The normalized spacial score (nSPS) is 13.3. The molecule has 6 nitrogen and oxygen atoms in total. The number of carbonyl (C=O) groups excluding carboxylic acids is 3. The summed E-state index contributed by atoms with van der Waals surface area (Å²) in [6.45, 7) is 10.5. The maximum absolute atomic E-state index is 11.5. The SMILES string of the molecule is CC(C)(C)OC(=O)CC[C@@H](C=O)NC(=O)OC(C)(C)C. The van der Waals surface area contributed by atoms with Gasteiger partial charge in [0.25, 0.3) is 0 Å². The van der Waals surface area contributed by atoms with Crippen LogP contribution in [0.2, 0.25) is 0 Å². The Kier molecular flexibility index (Phi) is 6.68. The van der Waals surface area contributed by atoms with Crippen molar-refractivity contribution < 1.29 is 23.9 Å². The van der Waals surface area contributed by atoms with Gasteiger partial charge in [-0.1, -0.05) is 0 Å². The Hall–Kier alpha value is -1.59. The van der Waals surface area contributed by atoms with E-state index in [1.807, 2.05) is 0 Å². The maximum atomic E-state index is 11.5. The largest absolute Gasteiger partial charge is 0.460 e. The highest BCUT2D eigenvalue weighted by molar-refractivity contribution is 5.75. The highest BCUT2D eigenvalue weighted by Gasteiger charge is 2.21. The topological polar surface area (TPSA) is 81.7 Å². The molecule has 0 saturated carbocycles. The van der Waals surface area contributed by atoms with Crippen LogP contribution in [-0.4, -0.2) is 35.6 Å². The zero-order valence-electron chi connectivity index (χ0n) is 13.1. The number of rotatable bonds is 5. The lowest BCUT2D eigenvalue weighted by Gasteiger charge is -2.22. The number of hydrogen-bond donors (Lipinski definition) is 1. The Balaban J connectivity index is 4.20. The number of amides is 1. The van der Waals surface area contributed by atoms with Crippen LogP contribution in [0.25, 0.3) is 0 Å². The zero-order chi connectivity index (χ0) is 16.0. The number of hydrogen-bond acceptors (Lipinski definition) is 5. The van der Waals surface area contributed by atoms with Crippen molar-refractivity contribution in [1.29, 1.82) is 0 Å². The Morgan fingerprint density at radius 3 is 1.95 bits per heavy atom. The average molecular weight is 287 g/mol. The molecule has 1 atom stereocenters. The smallest absolute Gasteiger partial charge is 0.408 e. The summed E-state index contributed by atoms with van der Waals surface area (Å²) in [4.78, 5) is 33.9. The fourth-order valence-corrected chi connectivity index (χ4v) is 1.30. The first kappa shape index (κ1) is 18.4. The van der Waals surface area contributed by atoms with Gasteiger partial charge in [0.1, 0.15) is 17.5 Å². The van der Waals surface area contributed by atoms with E-state index in [4.69, 9.17) is 9.47 Å². The second-order valence-electron chi connectivity index (χ2n) is 6.51. The molecule has 0 rings (SSSR count). The number of aldehydes is 1. The van der Waals surface area contributed by atoms with Crippen LogP contribution in [0.5, 0.6) is 0 Å². The van der Waals surface area contributed by atoms with E-state index in [9.17, 15) is 14.4 Å².